The Morgan fingerprint density at radius 2 is 2.00 bits per heavy atom. The van der Waals surface area contributed by atoms with Gasteiger partial charge in [-0.25, -0.2) is 4.39 Å². The molecule has 1 fully saturated rings. The van der Waals surface area contributed by atoms with Crippen LogP contribution in [0.1, 0.15) is 72.1 Å². The minimum atomic E-state index is -1.07. The fourth-order valence-electron chi connectivity index (χ4n) is 3.68. The molecule has 0 aromatic rings. The molecule has 4 nitrogen and oxygen atoms in total. The zero-order valence-electron chi connectivity index (χ0n) is 17.0. The number of hydrogen-bond acceptors (Lipinski definition) is 3. The lowest BCUT2D eigenvalue weighted by Crippen LogP contribution is -2.28. The number of halogens is 1. The Morgan fingerprint density at radius 3 is 2.63 bits per heavy atom. The number of carboxylic acid groups (broad SMARTS) is 1. The van der Waals surface area contributed by atoms with Crippen molar-refractivity contribution in [3.05, 3.63) is 24.3 Å². The van der Waals surface area contributed by atoms with Crippen molar-refractivity contribution in [2.24, 2.45) is 17.3 Å². The van der Waals surface area contributed by atoms with Gasteiger partial charge in [-0.15, -0.1) is 0 Å². The molecule has 1 aliphatic carbocycles. The Balaban J connectivity index is 2.62. The van der Waals surface area contributed by atoms with Crippen LogP contribution in [-0.4, -0.2) is 39.7 Å². The number of aliphatic hydroxyl groups is 2. The Hall–Kier alpha value is -1.20. The normalized spacial score (nSPS) is 27.6. The van der Waals surface area contributed by atoms with Crippen molar-refractivity contribution in [3.8, 4) is 0 Å². The van der Waals surface area contributed by atoms with Gasteiger partial charge < -0.3 is 15.3 Å². The number of alkyl halides is 1. The molecule has 0 unspecified atom stereocenters. The third-order valence-electron chi connectivity index (χ3n) is 5.70. The Labute approximate surface area is 163 Å². The first kappa shape index (κ1) is 23.8. The van der Waals surface area contributed by atoms with E-state index in [9.17, 15) is 19.4 Å². The highest BCUT2D eigenvalue weighted by atomic mass is 19.1. The molecule has 0 aliphatic heterocycles. The molecule has 5 atom stereocenters. The summed E-state index contributed by atoms with van der Waals surface area (Å²) in [6.07, 6.45) is 9.92. The number of carbonyl (C=O) groups is 1. The monoisotopic (exact) mass is 384 g/mol. The summed E-state index contributed by atoms with van der Waals surface area (Å²) in [7, 11) is 0. The average Bonchev–Trinajstić information content (AvgIpc) is 2.86. The van der Waals surface area contributed by atoms with Gasteiger partial charge in [0, 0.05) is 24.7 Å². The van der Waals surface area contributed by atoms with Crippen molar-refractivity contribution in [3.63, 3.8) is 0 Å². The molecule has 0 aromatic carbocycles. The molecule has 0 amide bonds. The number of aliphatic carboxylic acids is 1. The van der Waals surface area contributed by atoms with Crippen LogP contribution in [0.5, 0.6) is 0 Å². The molecular weight excluding hydrogens is 347 g/mol. The van der Waals surface area contributed by atoms with Gasteiger partial charge in [-0.05, 0) is 31.1 Å². The predicted octanol–water partition coefficient (Wildman–Crippen LogP) is 4.66. The molecule has 0 aromatic heterocycles. The number of carboxylic acids is 1. The molecule has 1 saturated carbocycles. The topological polar surface area (TPSA) is 77.8 Å². The van der Waals surface area contributed by atoms with Crippen LogP contribution in [0.3, 0.4) is 0 Å². The van der Waals surface area contributed by atoms with Crippen molar-refractivity contribution < 1.29 is 24.5 Å². The van der Waals surface area contributed by atoms with Gasteiger partial charge in [-0.3, -0.25) is 4.79 Å². The minimum absolute atomic E-state index is 0.127. The molecular formula is C22H37FO4. The number of unbranched alkanes of at least 4 members (excludes halogenated alkanes) is 2. The summed E-state index contributed by atoms with van der Waals surface area (Å²) >= 11 is 0. The smallest absolute Gasteiger partial charge is 0.303 e. The quantitative estimate of drug-likeness (QED) is 0.338. The third-order valence-corrected chi connectivity index (χ3v) is 5.70. The van der Waals surface area contributed by atoms with E-state index in [0.717, 1.165) is 19.3 Å². The summed E-state index contributed by atoms with van der Waals surface area (Å²) in [6, 6.07) is 0. The highest BCUT2D eigenvalue weighted by Gasteiger charge is 2.41. The van der Waals surface area contributed by atoms with E-state index >= 15 is 0 Å². The summed E-state index contributed by atoms with van der Waals surface area (Å²) in [5.41, 5.74) is -0.245. The first-order valence-electron chi connectivity index (χ1n) is 10.2. The summed E-state index contributed by atoms with van der Waals surface area (Å²) in [6.45, 7) is 6.17. The second kappa shape index (κ2) is 11.6. The van der Waals surface area contributed by atoms with Gasteiger partial charge in [0.2, 0.25) is 0 Å². The number of aliphatic hydroxyl groups excluding tert-OH is 2. The van der Waals surface area contributed by atoms with E-state index in [1.165, 1.54) is 0 Å². The highest BCUT2D eigenvalue weighted by molar-refractivity contribution is 5.66. The number of rotatable bonds is 12. The van der Waals surface area contributed by atoms with E-state index in [0.29, 0.717) is 19.3 Å². The molecule has 0 heterocycles. The van der Waals surface area contributed by atoms with Crippen molar-refractivity contribution in [2.45, 2.75) is 90.5 Å². The molecule has 0 bridgehead atoms. The SMILES string of the molecule is CCCCC(C)(C)[C@H](O)C=C[C@@H]1[C@@H](CC=CCCCC(=O)O)[C@H](F)C[C@H]1O. The average molecular weight is 385 g/mol. The number of hydrogen-bond donors (Lipinski definition) is 3. The molecule has 1 aliphatic rings. The maximum atomic E-state index is 14.3. The van der Waals surface area contributed by atoms with Crippen LogP contribution in [-0.2, 0) is 4.79 Å². The van der Waals surface area contributed by atoms with Crippen LogP contribution < -0.4 is 0 Å². The lowest BCUT2D eigenvalue weighted by Gasteiger charge is -2.29. The van der Waals surface area contributed by atoms with Crippen molar-refractivity contribution in [2.75, 3.05) is 0 Å². The van der Waals surface area contributed by atoms with Gasteiger partial charge in [0.25, 0.3) is 0 Å². The van der Waals surface area contributed by atoms with E-state index in [1.54, 1.807) is 12.2 Å². The Kier molecular flexibility index (Phi) is 10.2. The Bertz CT molecular complexity index is 501. The molecule has 1 rings (SSSR count). The van der Waals surface area contributed by atoms with E-state index in [1.807, 2.05) is 26.0 Å². The summed E-state index contributed by atoms with van der Waals surface area (Å²) in [5.74, 6) is -1.42. The molecule has 5 heteroatoms. The largest absolute Gasteiger partial charge is 0.481 e. The van der Waals surface area contributed by atoms with Crippen LogP contribution >= 0.6 is 0 Å². The zero-order valence-corrected chi connectivity index (χ0v) is 17.0. The third kappa shape index (κ3) is 8.14. The van der Waals surface area contributed by atoms with Gasteiger partial charge in [0.15, 0.2) is 0 Å². The van der Waals surface area contributed by atoms with Gasteiger partial charge in [-0.2, -0.15) is 0 Å². The van der Waals surface area contributed by atoms with Crippen LogP contribution in [0.2, 0.25) is 0 Å². The van der Waals surface area contributed by atoms with Crippen molar-refractivity contribution >= 4 is 5.97 Å². The summed E-state index contributed by atoms with van der Waals surface area (Å²) in [4.78, 5) is 10.5. The lowest BCUT2D eigenvalue weighted by atomic mass is 9.80. The van der Waals surface area contributed by atoms with Crippen LogP contribution in [0.4, 0.5) is 4.39 Å². The van der Waals surface area contributed by atoms with Crippen LogP contribution in [0, 0.1) is 17.3 Å². The van der Waals surface area contributed by atoms with E-state index in [2.05, 4.69) is 6.92 Å². The molecule has 0 radical (unpaired) electrons. The summed E-state index contributed by atoms with van der Waals surface area (Å²) < 4.78 is 14.3. The molecule has 3 N–H and O–H groups in total. The molecule has 27 heavy (non-hydrogen) atoms. The van der Waals surface area contributed by atoms with Gasteiger partial charge >= 0.3 is 5.97 Å². The van der Waals surface area contributed by atoms with Crippen molar-refractivity contribution in [1.82, 2.24) is 0 Å². The maximum absolute atomic E-state index is 14.3. The molecule has 0 spiro atoms. The second-order valence-corrected chi connectivity index (χ2v) is 8.48. The standard InChI is InChI=1S/C22H37FO4/c1-4-5-14-22(2,3)20(25)13-12-17-16(18(23)15-19(17)24)10-8-6-7-9-11-21(26)27/h6,8,12-13,16-20,24-25H,4-5,7,9-11,14-15H2,1-3H3,(H,26,27)/t16-,17-,18-,19-,20-/m1/s1. The first-order valence-corrected chi connectivity index (χ1v) is 10.2. The fourth-order valence-corrected chi connectivity index (χ4v) is 3.68. The fraction of sp³-hybridized carbons (Fsp3) is 0.773. The zero-order chi connectivity index (χ0) is 20.4. The van der Waals surface area contributed by atoms with Crippen molar-refractivity contribution in [1.29, 1.82) is 0 Å². The van der Waals surface area contributed by atoms with Gasteiger partial charge in [0.05, 0.1) is 12.2 Å². The van der Waals surface area contributed by atoms with Crippen LogP contribution in [0.15, 0.2) is 24.3 Å². The van der Waals surface area contributed by atoms with Gasteiger partial charge in [0.1, 0.15) is 6.17 Å². The molecule has 0 saturated heterocycles. The number of allylic oxidation sites excluding steroid dienone is 2. The summed E-state index contributed by atoms with van der Waals surface area (Å²) in [5, 5.41) is 29.3. The first-order chi connectivity index (χ1) is 12.7. The highest BCUT2D eigenvalue weighted by Crippen LogP contribution is 2.39. The second-order valence-electron chi connectivity index (χ2n) is 8.48. The Morgan fingerprint density at radius 1 is 1.30 bits per heavy atom. The minimum Gasteiger partial charge on any atom is -0.481 e. The van der Waals surface area contributed by atoms with E-state index in [4.69, 9.17) is 5.11 Å². The van der Waals surface area contributed by atoms with Crippen LogP contribution in [0.25, 0.3) is 0 Å². The van der Waals surface area contributed by atoms with Gasteiger partial charge in [-0.1, -0.05) is 57.9 Å². The van der Waals surface area contributed by atoms with E-state index in [-0.39, 0.29) is 30.1 Å². The van der Waals surface area contributed by atoms with E-state index < -0.39 is 24.3 Å². The predicted molar refractivity (Wildman–Crippen MR) is 106 cm³/mol. The maximum Gasteiger partial charge on any atom is 0.303 e. The lowest BCUT2D eigenvalue weighted by molar-refractivity contribution is -0.137. The molecule has 156 valence electrons.